The molecule has 5 nitrogen and oxygen atoms in total. The highest BCUT2D eigenvalue weighted by Crippen LogP contribution is 2.11. The number of ketones is 1. The summed E-state index contributed by atoms with van der Waals surface area (Å²) < 4.78 is 0. The Kier molecular flexibility index (Phi) is 6.02. The number of carbonyl (C=O) groups is 2. The third-order valence-corrected chi connectivity index (χ3v) is 3.70. The summed E-state index contributed by atoms with van der Waals surface area (Å²) in [6.45, 7) is 9.75. The van der Waals surface area contributed by atoms with Gasteiger partial charge < -0.3 is 5.32 Å². The molecule has 2 heterocycles. The van der Waals surface area contributed by atoms with Crippen molar-refractivity contribution in [3.05, 3.63) is 58.2 Å². The van der Waals surface area contributed by atoms with E-state index in [-0.39, 0.29) is 18.2 Å². The average Bonchev–Trinajstić information content (AvgIpc) is 2.50. The maximum absolute atomic E-state index is 12.4. The monoisotopic (exact) mass is 339 g/mol. The molecule has 0 saturated carbocycles. The van der Waals surface area contributed by atoms with E-state index in [1.165, 1.54) is 0 Å². The second-order valence-corrected chi connectivity index (χ2v) is 6.83. The first-order chi connectivity index (χ1) is 11.7. The van der Waals surface area contributed by atoms with Crippen LogP contribution in [-0.4, -0.2) is 28.2 Å². The van der Waals surface area contributed by atoms with Gasteiger partial charge in [0.2, 0.25) is 0 Å². The van der Waals surface area contributed by atoms with Crippen LogP contribution in [0.3, 0.4) is 0 Å². The van der Waals surface area contributed by atoms with E-state index in [4.69, 9.17) is 0 Å². The Balaban J connectivity index is 2.07. The van der Waals surface area contributed by atoms with Crippen LogP contribution in [0.5, 0.6) is 0 Å². The van der Waals surface area contributed by atoms with Gasteiger partial charge in [-0.2, -0.15) is 0 Å². The number of nitrogens with zero attached hydrogens (tertiary/aromatic N) is 2. The van der Waals surface area contributed by atoms with Crippen molar-refractivity contribution in [3.8, 4) is 0 Å². The van der Waals surface area contributed by atoms with Crippen LogP contribution in [0.4, 0.5) is 0 Å². The summed E-state index contributed by atoms with van der Waals surface area (Å²) in [7, 11) is 0. The average molecular weight is 339 g/mol. The number of nitrogens with one attached hydrogen (secondary N) is 1. The van der Waals surface area contributed by atoms with Crippen molar-refractivity contribution in [2.75, 3.05) is 6.54 Å². The van der Waals surface area contributed by atoms with Gasteiger partial charge in [-0.3, -0.25) is 19.6 Å². The van der Waals surface area contributed by atoms with Crippen molar-refractivity contribution in [2.45, 2.75) is 41.0 Å². The summed E-state index contributed by atoms with van der Waals surface area (Å²) in [5.74, 6) is 0.0802. The van der Waals surface area contributed by atoms with Gasteiger partial charge >= 0.3 is 0 Å². The van der Waals surface area contributed by atoms with Gasteiger partial charge in [-0.1, -0.05) is 13.8 Å². The van der Waals surface area contributed by atoms with Crippen LogP contribution in [-0.2, 0) is 6.42 Å². The van der Waals surface area contributed by atoms with Gasteiger partial charge in [-0.05, 0) is 57.4 Å². The molecule has 0 bridgehead atoms. The highest BCUT2D eigenvalue weighted by atomic mass is 16.2. The second-order valence-electron chi connectivity index (χ2n) is 6.83. The van der Waals surface area contributed by atoms with E-state index in [9.17, 15) is 9.59 Å². The SMILES string of the molecule is Cc1cc(C(=O)NCC(=O)c2cc(C)nc(CC(C)C)c2)cc(C)n1. The third kappa shape index (κ3) is 5.48. The summed E-state index contributed by atoms with van der Waals surface area (Å²) in [6, 6.07) is 7.01. The molecule has 0 spiro atoms. The van der Waals surface area contributed by atoms with Gasteiger partial charge in [0.1, 0.15) is 0 Å². The van der Waals surface area contributed by atoms with E-state index >= 15 is 0 Å². The van der Waals surface area contributed by atoms with Crippen LogP contribution in [0, 0.1) is 26.7 Å². The molecule has 0 aliphatic rings. The molecule has 0 unspecified atom stereocenters. The Bertz CT molecular complexity index is 777. The molecule has 0 radical (unpaired) electrons. The van der Waals surface area contributed by atoms with Crippen LogP contribution in [0.15, 0.2) is 24.3 Å². The lowest BCUT2D eigenvalue weighted by molar-refractivity contribution is 0.0904. The summed E-state index contributed by atoms with van der Waals surface area (Å²) in [4.78, 5) is 33.4. The predicted molar refractivity (Wildman–Crippen MR) is 97.9 cm³/mol. The van der Waals surface area contributed by atoms with E-state index in [1.807, 2.05) is 26.8 Å². The third-order valence-electron chi connectivity index (χ3n) is 3.70. The van der Waals surface area contributed by atoms with Gasteiger partial charge in [0.15, 0.2) is 5.78 Å². The van der Waals surface area contributed by atoms with E-state index in [2.05, 4.69) is 29.1 Å². The normalized spacial score (nSPS) is 10.8. The fraction of sp³-hybridized carbons (Fsp3) is 0.400. The lowest BCUT2D eigenvalue weighted by Gasteiger charge is -2.09. The molecule has 132 valence electrons. The van der Waals surface area contributed by atoms with Crippen LogP contribution < -0.4 is 5.32 Å². The molecule has 1 N–H and O–H groups in total. The van der Waals surface area contributed by atoms with Gasteiger partial charge in [-0.15, -0.1) is 0 Å². The molecule has 2 aromatic rings. The molecule has 0 aromatic carbocycles. The summed E-state index contributed by atoms with van der Waals surface area (Å²) >= 11 is 0. The molecule has 0 saturated heterocycles. The van der Waals surface area contributed by atoms with Crippen molar-refractivity contribution < 1.29 is 9.59 Å². The Morgan fingerprint density at radius 2 is 1.48 bits per heavy atom. The lowest BCUT2D eigenvalue weighted by atomic mass is 10.0. The highest BCUT2D eigenvalue weighted by Gasteiger charge is 2.13. The van der Waals surface area contributed by atoms with Crippen molar-refractivity contribution in [1.29, 1.82) is 0 Å². The maximum Gasteiger partial charge on any atom is 0.251 e. The van der Waals surface area contributed by atoms with Gasteiger partial charge in [0.25, 0.3) is 5.91 Å². The molecule has 25 heavy (non-hydrogen) atoms. The molecular formula is C20H25N3O2. The van der Waals surface area contributed by atoms with E-state index in [0.717, 1.165) is 29.2 Å². The Morgan fingerprint density at radius 3 is 2.08 bits per heavy atom. The quantitative estimate of drug-likeness (QED) is 0.820. The summed E-state index contributed by atoms with van der Waals surface area (Å²) in [5.41, 5.74) is 4.38. The maximum atomic E-state index is 12.4. The first kappa shape index (κ1) is 18.8. The highest BCUT2D eigenvalue weighted by molar-refractivity contribution is 6.02. The number of carbonyl (C=O) groups excluding carboxylic acids is 2. The van der Waals surface area contributed by atoms with E-state index < -0.39 is 0 Å². The second kappa shape index (κ2) is 8.01. The van der Waals surface area contributed by atoms with Crippen LogP contribution in [0.2, 0.25) is 0 Å². The Labute approximate surface area is 148 Å². The van der Waals surface area contributed by atoms with Crippen LogP contribution in [0.1, 0.15) is 57.3 Å². The molecule has 0 aliphatic heterocycles. The van der Waals surface area contributed by atoms with Crippen molar-refractivity contribution in [1.82, 2.24) is 15.3 Å². The number of Topliss-reactive ketones (excluding diaryl/α,β-unsaturated/α-hetero) is 1. The largest absolute Gasteiger partial charge is 0.345 e. The smallest absolute Gasteiger partial charge is 0.251 e. The minimum absolute atomic E-state index is 0.0379. The molecule has 0 atom stereocenters. The predicted octanol–water partition coefficient (Wildman–Crippen LogP) is 3.21. The van der Waals surface area contributed by atoms with E-state index in [0.29, 0.717) is 17.0 Å². The van der Waals surface area contributed by atoms with Crippen molar-refractivity contribution in [3.63, 3.8) is 0 Å². The van der Waals surface area contributed by atoms with Crippen molar-refractivity contribution in [2.24, 2.45) is 5.92 Å². The fourth-order valence-corrected chi connectivity index (χ4v) is 2.75. The van der Waals surface area contributed by atoms with E-state index in [1.54, 1.807) is 18.2 Å². The zero-order valence-electron chi connectivity index (χ0n) is 15.5. The standard InChI is InChI=1S/C20H25N3O2/c1-12(2)6-18-10-16(7-15(5)23-18)19(24)11-21-20(25)17-8-13(3)22-14(4)9-17/h7-10,12H,6,11H2,1-5H3,(H,21,25). The van der Waals surface area contributed by atoms with Crippen LogP contribution >= 0.6 is 0 Å². The number of aromatic nitrogens is 2. The number of hydrogen-bond acceptors (Lipinski definition) is 4. The topological polar surface area (TPSA) is 72.0 Å². The van der Waals surface area contributed by atoms with Gasteiger partial charge in [0, 0.05) is 33.9 Å². The number of pyridine rings is 2. The number of hydrogen-bond donors (Lipinski definition) is 1. The number of amides is 1. The minimum Gasteiger partial charge on any atom is -0.345 e. The Hall–Kier alpha value is -2.56. The number of aryl methyl sites for hydroxylation is 3. The molecule has 1 amide bonds. The summed E-state index contributed by atoms with van der Waals surface area (Å²) in [5, 5.41) is 2.69. The molecule has 2 aromatic heterocycles. The van der Waals surface area contributed by atoms with Gasteiger partial charge in [-0.25, -0.2) is 0 Å². The first-order valence-electron chi connectivity index (χ1n) is 8.49. The minimum atomic E-state index is -0.268. The Morgan fingerprint density at radius 1 is 0.920 bits per heavy atom. The summed E-state index contributed by atoms with van der Waals surface area (Å²) in [6.07, 6.45) is 0.823. The molecule has 5 heteroatoms. The molecule has 2 rings (SSSR count). The fourth-order valence-electron chi connectivity index (χ4n) is 2.75. The molecule has 0 aliphatic carbocycles. The first-order valence-corrected chi connectivity index (χ1v) is 8.49. The zero-order valence-corrected chi connectivity index (χ0v) is 15.5. The lowest BCUT2D eigenvalue weighted by Crippen LogP contribution is -2.30. The van der Waals surface area contributed by atoms with Gasteiger partial charge in [0.05, 0.1) is 6.54 Å². The zero-order chi connectivity index (χ0) is 18.6. The molecule has 0 fully saturated rings. The number of rotatable bonds is 6. The molecular weight excluding hydrogens is 314 g/mol. The van der Waals surface area contributed by atoms with Crippen molar-refractivity contribution >= 4 is 11.7 Å². The van der Waals surface area contributed by atoms with Crippen LogP contribution in [0.25, 0.3) is 0 Å².